The van der Waals surface area contributed by atoms with Crippen LogP contribution in [0.4, 0.5) is 0 Å². The minimum atomic E-state index is -0.961. The maximum absolute atomic E-state index is 12.8. The lowest BCUT2D eigenvalue weighted by molar-refractivity contribution is -0.131. The smallest absolute Gasteiger partial charge is 0.338 e. The van der Waals surface area contributed by atoms with Crippen molar-refractivity contribution in [1.82, 2.24) is 14.7 Å². The molecule has 1 amide bonds. The maximum Gasteiger partial charge on any atom is 0.338 e. The molecule has 2 aliphatic rings. The van der Waals surface area contributed by atoms with Crippen LogP contribution >= 0.6 is 11.8 Å². The number of hydrogen-bond donors (Lipinski definition) is 1. The van der Waals surface area contributed by atoms with Crippen molar-refractivity contribution in [1.29, 1.82) is 0 Å². The molecule has 3 heterocycles. The van der Waals surface area contributed by atoms with Crippen molar-refractivity contribution >= 4 is 23.6 Å². The van der Waals surface area contributed by atoms with Crippen molar-refractivity contribution in [2.24, 2.45) is 0 Å². The minimum Gasteiger partial charge on any atom is -0.478 e. The van der Waals surface area contributed by atoms with Gasteiger partial charge in [0.1, 0.15) is 0 Å². The molecule has 1 N–H and O–H groups in total. The molecule has 0 aliphatic carbocycles. The van der Waals surface area contributed by atoms with Crippen molar-refractivity contribution in [3.63, 3.8) is 0 Å². The van der Waals surface area contributed by atoms with Gasteiger partial charge in [0, 0.05) is 24.2 Å². The third kappa shape index (κ3) is 3.16. The van der Waals surface area contributed by atoms with Crippen molar-refractivity contribution in [2.75, 3.05) is 13.1 Å². The highest BCUT2D eigenvalue weighted by atomic mass is 32.2. The van der Waals surface area contributed by atoms with Crippen LogP contribution in [0, 0.1) is 0 Å². The monoisotopic (exact) mass is 357 g/mol. The summed E-state index contributed by atoms with van der Waals surface area (Å²) in [6.07, 6.45) is 5.37. The number of carboxylic acid groups (broad SMARTS) is 1. The summed E-state index contributed by atoms with van der Waals surface area (Å²) in [4.78, 5) is 26.9. The number of likely N-dealkylation sites (tertiary alicyclic amines) is 1. The van der Waals surface area contributed by atoms with Crippen LogP contribution < -0.4 is 0 Å². The van der Waals surface area contributed by atoms with Gasteiger partial charge in [0.2, 0.25) is 5.91 Å². The zero-order valence-electron chi connectivity index (χ0n) is 13.7. The molecule has 0 saturated carbocycles. The predicted molar refractivity (Wildman–Crippen MR) is 93.8 cm³/mol. The zero-order chi connectivity index (χ0) is 17.4. The molecule has 6 nitrogen and oxygen atoms in total. The molecular formula is C18H19N3O3S. The molecular weight excluding hydrogens is 338 g/mol. The van der Waals surface area contributed by atoms with Crippen LogP contribution in [0.25, 0.3) is 0 Å². The average Bonchev–Trinajstić information content (AvgIpc) is 3.28. The van der Waals surface area contributed by atoms with Gasteiger partial charge in [-0.25, -0.2) is 4.79 Å². The largest absolute Gasteiger partial charge is 0.478 e. The van der Waals surface area contributed by atoms with Gasteiger partial charge in [0.15, 0.2) is 0 Å². The van der Waals surface area contributed by atoms with Crippen molar-refractivity contribution in [3.8, 4) is 0 Å². The molecule has 0 spiro atoms. The van der Waals surface area contributed by atoms with E-state index in [1.807, 2.05) is 17.0 Å². The van der Waals surface area contributed by atoms with Gasteiger partial charge in [-0.3, -0.25) is 9.48 Å². The van der Waals surface area contributed by atoms with Gasteiger partial charge in [-0.2, -0.15) is 5.10 Å². The standard InChI is InChI=1S/C18H19N3O3S/c22-17(16-9-12-3-1-2-4-15(12)25-16)20-7-5-14(6-8-20)21-11-13(10-19-21)18(23)24/h1-4,10-11,14,16H,5-9H2,(H,23,24). The van der Waals surface area contributed by atoms with Gasteiger partial charge in [-0.1, -0.05) is 18.2 Å². The predicted octanol–water partition coefficient (Wildman–Crippen LogP) is 2.46. The number of carbonyl (C=O) groups is 2. The molecule has 130 valence electrons. The number of thioether (sulfide) groups is 1. The molecule has 0 radical (unpaired) electrons. The second-order valence-electron chi connectivity index (χ2n) is 6.49. The Bertz CT molecular complexity index is 786. The van der Waals surface area contributed by atoms with Crippen LogP contribution in [0.3, 0.4) is 0 Å². The SMILES string of the molecule is O=C(O)c1cnn(C2CCN(C(=O)C3Cc4ccccc4S3)CC2)c1. The minimum absolute atomic E-state index is 0.0164. The Hall–Kier alpha value is -2.28. The summed E-state index contributed by atoms with van der Waals surface area (Å²) in [5, 5.41) is 13.1. The first kappa shape index (κ1) is 16.2. The Balaban J connectivity index is 1.36. The summed E-state index contributed by atoms with van der Waals surface area (Å²) in [6, 6.07) is 8.37. The van der Waals surface area contributed by atoms with Crippen LogP contribution in [-0.4, -0.2) is 50.0 Å². The van der Waals surface area contributed by atoms with Crippen LogP contribution in [0.1, 0.15) is 34.8 Å². The van der Waals surface area contributed by atoms with E-state index in [2.05, 4.69) is 17.2 Å². The number of benzene rings is 1. The van der Waals surface area contributed by atoms with Gasteiger partial charge in [-0.15, -0.1) is 11.8 Å². The van der Waals surface area contributed by atoms with E-state index in [0.29, 0.717) is 13.1 Å². The van der Waals surface area contributed by atoms with Gasteiger partial charge in [-0.05, 0) is 30.9 Å². The van der Waals surface area contributed by atoms with Gasteiger partial charge >= 0.3 is 5.97 Å². The number of hydrogen-bond acceptors (Lipinski definition) is 4. The quantitative estimate of drug-likeness (QED) is 0.913. The van der Waals surface area contributed by atoms with E-state index < -0.39 is 5.97 Å². The van der Waals surface area contributed by atoms with Crippen molar-refractivity contribution in [3.05, 3.63) is 47.8 Å². The van der Waals surface area contributed by atoms with Gasteiger partial charge in [0.25, 0.3) is 0 Å². The lowest BCUT2D eigenvalue weighted by Gasteiger charge is -2.33. The van der Waals surface area contributed by atoms with Crippen LogP contribution in [0.15, 0.2) is 41.6 Å². The first-order valence-corrected chi connectivity index (χ1v) is 9.30. The molecule has 1 unspecified atom stereocenters. The summed E-state index contributed by atoms with van der Waals surface area (Å²) in [6.45, 7) is 1.39. The molecule has 1 saturated heterocycles. The fourth-order valence-corrected chi connectivity index (χ4v) is 4.80. The van der Waals surface area contributed by atoms with E-state index in [0.717, 1.165) is 19.3 Å². The number of carboxylic acids is 1. The Labute approximate surface area is 149 Å². The van der Waals surface area contributed by atoms with Gasteiger partial charge in [0.05, 0.1) is 23.1 Å². The molecule has 1 fully saturated rings. The van der Waals surface area contributed by atoms with Crippen molar-refractivity contribution in [2.45, 2.75) is 35.4 Å². The van der Waals surface area contributed by atoms with Crippen molar-refractivity contribution < 1.29 is 14.7 Å². The molecule has 0 bridgehead atoms. The number of nitrogens with zero attached hydrogens (tertiary/aromatic N) is 3. The Morgan fingerprint density at radius 2 is 1.96 bits per heavy atom. The number of carbonyl (C=O) groups excluding carboxylic acids is 1. The Morgan fingerprint density at radius 1 is 1.20 bits per heavy atom. The molecule has 25 heavy (non-hydrogen) atoms. The molecule has 1 aromatic heterocycles. The second kappa shape index (κ2) is 6.55. The maximum atomic E-state index is 12.8. The fourth-order valence-electron chi connectivity index (χ4n) is 3.52. The molecule has 7 heteroatoms. The van der Waals surface area contributed by atoms with Crippen LogP contribution in [-0.2, 0) is 11.2 Å². The summed E-state index contributed by atoms with van der Waals surface area (Å²) >= 11 is 1.67. The lowest BCUT2D eigenvalue weighted by atomic mass is 10.0. The molecule has 1 aromatic carbocycles. The van der Waals surface area contributed by atoms with E-state index in [1.165, 1.54) is 16.7 Å². The van der Waals surface area contributed by atoms with E-state index in [1.54, 1.807) is 22.6 Å². The van der Waals surface area contributed by atoms with Crippen LogP contribution in [0.2, 0.25) is 0 Å². The first-order chi connectivity index (χ1) is 12.1. The summed E-state index contributed by atoms with van der Waals surface area (Å²) in [5.41, 5.74) is 1.47. The zero-order valence-corrected chi connectivity index (χ0v) is 14.5. The first-order valence-electron chi connectivity index (χ1n) is 8.42. The number of rotatable bonds is 3. The molecule has 2 aromatic rings. The molecule has 1 atom stereocenters. The number of piperidine rings is 1. The third-order valence-corrected chi connectivity index (χ3v) is 6.23. The topological polar surface area (TPSA) is 75.4 Å². The number of amides is 1. The Kier molecular flexibility index (Phi) is 4.25. The third-order valence-electron chi connectivity index (χ3n) is 4.92. The highest BCUT2D eigenvalue weighted by Gasteiger charge is 2.33. The highest BCUT2D eigenvalue weighted by Crippen LogP contribution is 2.38. The molecule has 4 rings (SSSR count). The van der Waals surface area contributed by atoms with E-state index in [-0.39, 0.29) is 22.8 Å². The van der Waals surface area contributed by atoms with E-state index in [4.69, 9.17) is 5.11 Å². The van der Waals surface area contributed by atoms with Crippen LogP contribution in [0.5, 0.6) is 0 Å². The molecule has 2 aliphatic heterocycles. The number of fused-ring (bicyclic) bond motifs is 1. The Morgan fingerprint density at radius 3 is 2.64 bits per heavy atom. The number of aromatic carboxylic acids is 1. The highest BCUT2D eigenvalue weighted by molar-refractivity contribution is 8.01. The lowest BCUT2D eigenvalue weighted by Crippen LogP contribution is -2.43. The summed E-state index contributed by atoms with van der Waals surface area (Å²) < 4.78 is 1.73. The number of aromatic nitrogens is 2. The summed E-state index contributed by atoms with van der Waals surface area (Å²) in [7, 11) is 0. The van der Waals surface area contributed by atoms with Gasteiger partial charge < -0.3 is 10.0 Å². The normalized spacial score (nSPS) is 20.5. The average molecular weight is 357 g/mol. The summed E-state index contributed by atoms with van der Waals surface area (Å²) in [5.74, 6) is -0.747. The van der Waals surface area contributed by atoms with E-state index >= 15 is 0 Å². The fraction of sp³-hybridized carbons (Fsp3) is 0.389. The van der Waals surface area contributed by atoms with E-state index in [9.17, 15) is 9.59 Å². The second-order valence-corrected chi connectivity index (χ2v) is 7.73.